The van der Waals surface area contributed by atoms with Gasteiger partial charge in [0.2, 0.25) is 5.91 Å². The summed E-state index contributed by atoms with van der Waals surface area (Å²) in [5.41, 5.74) is -0.398. The third kappa shape index (κ3) is 21.4. The Hall–Kier alpha value is -3.14. The van der Waals surface area contributed by atoms with Crippen LogP contribution >= 0.6 is 11.8 Å². The number of rotatable bonds is 25. The van der Waals surface area contributed by atoms with Gasteiger partial charge in [0.05, 0.1) is 0 Å². The number of thioether (sulfide) groups is 1. The summed E-state index contributed by atoms with van der Waals surface area (Å²) in [5.74, 6) is -2.05. The third-order valence-electron chi connectivity index (χ3n) is 7.54. The molecule has 47 heavy (non-hydrogen) atoms. The Morgan fingerprint density at radius 2 is 1.36 bits per heavy atom. The number of unbranched alkanes of at least 4 members (excludes halogenated alkanes) is 11. The minimum absolute atomic E-state index is 0.00610. The molecule has 0 fully saturated rings. The van der Waals surface area contributed by atoms with E-state index in [4.69, 9.17) is 9.47 Å². The van der Waals surface area contributed by atoms with Crippen LogP contribution in [-0.4, -0.2) is 48.1 Å². The van der Waals surface area contributed by atoms with Crippen molar-refractivity contribution in [1.29, 1.82) is 0 Å². The summed E-state index contributed by atoms with van der Waals surface area (Å²) in [6.45, 7) is 7.88. The topological polar surface area (TPSA) is 128 Å². The highest BCUT2D eigenvalue weighted by Crippen LogP contribution is 2.25. The highest BCUT2D eigenvalue weighted by atomic mass is 32.2. The predicted octanol–water partition coefficient (Wildman–Crippen LogP) is 8.31. The number of hydrogen-bond donors (Lipinski definition) is 2. The lowest BCUT2D eigenvalue weighted by Crippen LogP contribution is -2.49. The smallest absolute Gasteiger partial charge is 0.303 e. The molecule has 2 N–H and O–H groups in total. The minimum atomic E-state index is -1.20. The molecule has 0 radical (unpaired) electrons. The van der Waals surface area contributed by atoms with Crippen molar-refractivity contribution in [3.63, 3.8) is 0 Å². The van der Waals surface area contributed by atoms with Crippen molar-refractivity contribution in [2.75, 3.05) is 18.5 Å². The van der Waals surface area contributed by atoms with E-state index in [1.807, 2.05) is 0 Å². The first-order valence-corrected chi connectivity index (χ1v) is 18.1. The molecule has 0 saturated carbocycles. The number of allylic oxidation sites excluding steroid dienone is 2. The van der Waals surface area contributed by atoms with Gasteiger partial charge in [-0.25, -0.2) is 0 Å². The lowest BCUT2D eigenvalue weighted by molar-refractivity contribution is -0.166. The average molecular weight is 675 g/mol. The number of ether oxygens (including phenoxy) is 2. The molecule has 10 heteroatoms. The van der Waals surface area contributed by atoms with E-state index in [2.05, 4.69) is 29.7 Å². The number of esters is 2. The van der Waals surface area contributed by atoms with Crippen LogP contribution in [0.3, 0.4) is 0 Å². The summed E-state index contributed by atoms with van der Waals surface area (Å²) in [6, 6.07) is 7.08. The summed E-state index contributed by atoms with van der Waals surface area (Å²) in [7, 11) is 0. The Labute approximate surface area is 286 Å². The average Bonchev–Trinajstić information content (AvgIpc) is 3.01. The Bertz CT molecular complexity index is 1120. The van der Waals surface area contributed by atoms with Crippen LogP contribution in [0, 0.1) is 5.41 Å². The highest BCUT2D eigenvalue weighted by Gasteiger charge is 2.39. The van der Waals surface area contributed by atoms with Crippen molar-refractivity contribution in [3.8, 4) is 0 Å². The molecule has 1 aromatic rings. The number of nitrogens with one attached hydrogen (secondary N) is 2. The lowest BCUT2D eigenvalue weighted by atomic mass is 9.86. The van der Waals surface area contributed by atoms with Crippen molar-refractivity contribution in [3.05, 3.63) is 36.4 Å². The lowest BCUT2D eigenvalue weighted by Gasteiger charge is -2.31. The molecule has 9 nitrogen and oxygen atoms in total. The first-order valence-electron chi connectivity index (χ1n) is 17.3. The maximum Gasteiger partial charge on any atom is 0.303 e. The first-order chi connectivity index (χ1) is 22.4. The van der Waals surface area contributed by atoms with Crippen LogP contribution in [0.2, 0.25) is 0 Å². The maximum absolute atomic E-state index is 12.7. The van der Waals surface area contributed by atoms with E-state index in [1.165, 1.54) is 83.4 Å². The second-order valence-electron chi connectivity index (χ2n) is 12.7. The van der Waals surface area contributed by atoms with Gasteiger partial charge in [-0.2, -0.15) is 0 Å². The van der Waals surface area contributed by atoms with Crippen LogP contribution < -0.4 is 10.6 Å². The van der Waals surface area contributed by atoms with Gasteiger partial charge in [-0.1, -0.05) is 96.1 Å². The molecule has 0 aliphatic carbocycles. The van der Waals surface area contributed by atoms with Gasteiger partial charge in [0.15, 0.2) is 11.2 Å². The van der Waals surface area contributed by atoms with Gasteiger partial charge in [0.1, 0.15) is 6.61 Å². The zero-order chi connectivity index (χ0) is 34.9. The van der Waals surface area contributed by atoms with E-state index in [0.29, 0.717) is 12.1 Å². The van der Waals surface area contributed by atoms with Crippen LogP contribution in [0.15, 0.2) is 41.3 Å². The number of carbonyl (C=O) groups is 5. The standard InChI is InChI=1S/C37H58N2O7S/c1-6-7-8-9-10-11-12-13-14-15-16-17-18-19-20-21-34(43)47-32-24-22-31(23-25-32)39-33(42)26-27-38-36(44)35(46-30(3)41)37(4,5)28-45-29(2)40/h13-14,22-25,35H,6-12,15-21,26-28H2,1-5H3,(H,38,44)(H,39,42). The first kappa shape index (κ1) is 41.9. The van der Waals surface area contributed by atoms with Crippen molar-refractivity contribution in [1.82, 2.24) is 5.32 Å². The summed E-state index contributed by atoms with van der Waals surface area (Å²) in [5, 5.41) is 5.53. The third-order valence-corrected chi connectivity index (χ3v) is 8.48. The molecule has 1 rings (SSSR count). The van der Waals surface area contributed by atoms with Crippen molar-refractivity contribution in [2.45, 2.75) is 142 Å². The fourth-order valence-corrected chi connectivity index (χ4v) is 5.62. The molecule has 1 aromatic carbocycles. The van der Waals surface area contributed by atoms with Gasteiger partial charge in [0, 0.05) is 49.2 Å². The number of anilines is 1. The predicted molar refractivity (Wildman–Crippen MR) is 189 cm³/mol. The second kappa shape index (κ2) is 25.0. The number of carbonyl (C=O) groups excluding carboxylic acids is 5. The van der Waals surface area contributed by atoms with E-state index < -0.39 is 29.4 Å². The van der Waals surface area contributed by atoms with Gasteiger partial charge in [-0.15, -0.1) is 0 Å². The van der Waals surface area contributed by atoms with Gasteiger partial charge in [-0.05, 0) is 56.4 Å². The molecule has 0 aliphatic rings. The normalized spacial score (nSPS) is 12.0. The van der Waals surface area contributed by atoms with E-state index in [1.54, 1.807) is 38.1 Å². The van der Waals surface area contributed by atoms with Crippen LogP contribution in [0.25, 0.3) is 0 Å². The van der Waals surface area contributed by atoms with Gasteiger partial charge < -0.3 is 20.1 Å². The molecule has 2 amide bonds. The second-order valence-corrected chi connectivity index (χ2v) is 13.8. The van der Waals surface area contributed by atoms with E-state index >= 15 is 0 Å². The molecule has 0 heterocycles. The maximum atomic E-state index is 12.7. The number of hydrogen-bond acceptors (Lipinski definition) is 8. The van der Waals surface area contributed by atoms with Crippen LogP contribution in [0.1, 0.15) is 131 Å². The summed E-state index contributed by atoms with van der Waals surface area (Å²) in [6.07, 6.45) is 19.9. The number of benzene rings is 1. The Morgan fingerprint density at radius 1 is 0.787 bits per heavy atom. The SMILES string of the molecule is CCCCCCCCC=CCCCCCCCC(=O)Sc1ccc(NC(=O)CCNC(=O)C(OC(C)=O)C(C)(C)COC(C)=O)cc1. The summed E-state index contributed by atoms with van der Waals surface area (Å²) < 4.78 is 10.2. The van der Waals surface area contributed by atoms with Crippen molar-refractivity contribution >= 4 is 46.3 Å². The molecule has 1 unspecified atom stereocenters. The minimum Gasteiger partial charge on any atom is -0.465 e. The van der Waals surface area contributed by atoms with E-state index in [0.717, 1.165) is 30.6 Å². The zero-order valence-corrected chi connectivity index (χ0v) is 30.1. The number of amides is 2. The molecular weight excluding hydrogens is 616 g/mol. The zero-order valence-electron chi connectivity index (χ0n) is 29.3. The largest absolute Gasteiger partial charge is 0.465 e. The quantitative estimate of drug-likeness (QED) is 0.0459. The summed E-state index contributed by atoms with van der Waals surface area (Å²) >= 11 is 1.22. The molecule has 0 spiro atoms. The van der Waals surface area contributed by atoms with Crippen LogP contribution in [0.4, 0.5) is 5.69 Å². The fraction of sp³-hybridized carbons (Fsp3) is 0.649. The molecule has 1 atom stereocenters. The Morgan fingerprint density at radius 3 is 1.94 bits per heavy atom. The van der Waals surface area contributed by atoms with Gasteiger partial charge in [-0.3, -0.25) is 24.0 Å². The molecule has 0 bridgehead atoms. The molecule has 0 saturated heterocycles. The van der Waals surface area contributed by atoms with Gasteiger partial charge in [0.25, 0.3) is 5.91 Å². The molecule has 0 aromatic heterocycles. The molecular formula is C37H58N2O7S. The molecule has 264 valence electrons. The van der Waals surface area contributed by atoms with Crippen LogP contribution in [0.5, 0.6) is 0 Å². The van der Waals surface area contributed by atoms with E-state index in [9.17, 15) is 24.0 Å². The molecule has 0 aliphatic heterocycles. The summed E-state index contributed by atoms with van der Waals surface area (Å²) in [4.78, 5) is 61.2. The Kier molecular flexibility index (Phi) is 22.2. The fourth-order valence-electron chi connectivity index (χ4n) is 4.84. The monoisotopic (exact) mass is 674 g/mol. The van der Waals surface area contributed by atoms with Crippen molar-refractivity contribution < 1.29 is 33.4 Å². The van der Waals surface area contributed by atoms with Gasteiger partial charge >= 0.3 is 11.9 Å². The van der Waals surface area contributed by atoms with Crippen LogP contribution in [-0.2, 0) is 33.4 Å². The Balaban J connectivity index is 2.25. The highest BCUT2D eigenvalue weighted by molar-refractivity contribution is 8.13. The van der Waals surface area contributed by atoms with E-state index in [-0.39, 0.29) is 30.6 Å². The van der Waals surface area contributed by atoms with Crippen molar-refractivity contribution in [2.24, 2.45) is 5.41 Å².